The van der Waals surface area contributed by atoms with E-state index in [0.717, 1.165) is 0 Å². The van der Waals surface area contributed by atoms with Crippen LogP contribution >= 0.6 is 0 Å². The molecule has 0 aliphatic heterocycles. The second-order valence-electron chi connectivity index (χ2n) is 7.73. The molecule has 0 saturated carbocycles. The van der Waals surface area contributed by atoms with Crippen LogP contribution in [0.4, 0.5) is 0 Å². The maximum atomic E-state index is 12.2. The molecule has 182 valence electrons. The molecule has 0 aliphatic rings. The van der Waals surface area contributed by atoms with Gasteiger partial charge in [-0.05, 0) is 46.5 Å². The Bertz CT molecular complexity index is 688. The van der Waals surface area contributed by atoms with Crippen LogP contribution in [0.25, 0.3) is 0 Å². The molecule has 0 fully saturated rings. The molecule has 4 N–H and O–H groups in total. The SMILES string of the molecule is C=C(C)C(=O)OC(CC(O)(CCCO)CCCO)C(O)(OC(=O)C(=C)C)OC(=O)C(=C)C. The summed E-state index contributed by atoms with van der Waals surface area (Å²) in [4.78, 5) is 36.6. The van der Waals surface area contributed by atoms with E-state index < -0.39 is 42.0 Å². The third kappa shape index (κ3) is 9.73. The summed E-state index contributed by atoms with van der Waals surface area (Å²) in [5, 5.41) is 40.5. The molecule has 0 heterocycles. The van der Waals surface area contributed by atoms with E-state index in [1.807, 2.05) is 0 Å². The predicted molar refractivity (Wildman–Crippen MR) is 114 cm³/mol. The maximum absolute atomic E-state index is 12.2. The van der Waals surface area contributed by atoms with Gasteiger partial charge in [0.2, 0.25) is 6.10 Å². The molecule has 0 amide bonds. The molecule has 0 aliphatic carbocycles. The lowest BCUT2D eigenvalue weighted by Crippen LogP contribution is -2.55. The van der Waals surface area contributed by atoms with Gasteiger partial charge in [0.1, 0.15) is 0 Å². The summed E-state index contributed by atoms with van der Waals surface area (Å²) in [6.07, 6.45) is -2.25. The first-order chi connectivity index (χ1) is 14.7. The second-order valence-corrected chi connectivity index (χ2v) is 7.73. The molecule has 0 saturated heterocycles. The van der Waals surface area contributed by atoms with Crippen LogP contribution in [0.15, 0.2) is 36.5 Å². The van der Waals surface area contributed by atoms with Gasteiger partial charge in [-0.3, -0.25) is 0 Å². The molecule has 1 unspecified atom stereocenters. The lowest BCUT2D eigenvalue weighted by molar-refractivity contribution is -0.363. The molecule has 1 atom stereocenters. The van der Waals surface area contributed by atoms with Crippen LogP contribution in [0.3, 0.4) is 0 Å². The van der Waals surface area contributed by atoms with Gasteiger partial charge in [0, 0.05) is 36.4 Å². The quantitative estimate of drug-likeness (QED) is 0.158. The van der Waals surface area contributed by atoms with E-state index in [0.29, 0.717) is 0 Å². The Hall–Kier alpha value is -2.53. The van der Waals surface area contributed by atoms with Crippen LogP contribution in [-0.2, 0) is 28.6 Å². The minimum atomic E-state index is -3.15. The van der Waals surface area contributed by atoms with Crippen LogP contribution < -0.4 is 0 Å². The third-order valence-electron chi connectivity index (χ3n) is 4.35. The Labute approximate surface area is 187 Å². The third-order valence-corrected chi connectivity index (χ3v) is 4.35. The molecule has 0 aromatic heterocycles. The summed E-state index contributed by atoms with van der Waals surface area (Å²) in [6.45, 7) is 13.5. The molecular weight excluding hydrogens is 424 g/mol. The minimum absolute atomic E-state index is 0.0242. The molecule has 0 radical (unpaired) electrons. The van der Waals surface area contributed by atoms with Gasteiger partial charge in [-0.15, -0.1) is 0 Å². The van der Waals surface area contributed by atoms with Crippen molar-refractivity contribution in [2.45, 2.75) is 70.6 Å². The fraction of sp³-hybridized carbons (Fsp3) is 0.591. The van der Waals surface area contributed by atoms with Crippen LogP contribution in [0.5, 0.6) is 0 Å². The summed E-state index contributed by atoms with van der Waals surface area (Å²) in [6, 6.07) is 0. The van der Waals surface area contributed by atoms with Gasteiger partial charge in [-0.25, -0.2) is 14.4 Å². The fourth-order valence-corrected chi connectivity index (χ4v) is 2.56. The molecular formula is C22H34O10. The highest BCUT2D eigenvalue weighted by atomic mass is 16.9. The molecule has 0 rings (SSSR count). The van der Waals surface area contributed by atoms with E-state index in [4.69, 9.17) is 24.4 Å². The van der Waals surface area contributed by atoms with E-state index in [9.17, 15) is 24.6 Å². The minimum Gasteiger partial charge on any atom is -0.447 e. The smallest absolute Gasteiger partial charge is 0.413 e. The van der Waals surface area contributed by atoms with E-state index in [1.165, 1.54) is 20.8 Å². The lowest BCUT2D eigenvalue weighted by Gasteiger charge is -2.38. The zero-order valence-corrected chi connectivity index (χ0v) is 18.9. The van der Waals surface area contributed by atoms with E-state index in [1.54, 1.807) is 0 Å². The number of rotatable bonds is 15. The van der Waals surface area contributed by atoms with Crippen molar-refractivity contribution in [3.05, 3.63) is 36.5 Å². The first-order valence-corrected chi connectivity index (χ1v) is 10.0. The Morgan fingerprint density at radius 3 is 1.47 bits per heavy atom. The Kier molecular flexibility index (Phi) is 12.1. The molecule has 0 aromatic rings. The average molecular weight is 459 g/mol. The monoisotopic (exact) mass is 458 g/mol. The van der Waals surface area contributed by atoms with E-state index >= 15 is 0 Å². The van der Waals surface area contributed by atoms with Gasteiger partial charge >= 0.3 is 23.9 Å². The Morgan fingerprint density at radius 2 is 1.16 bits per heavy atom. The van der Waals surface area contributed by atoms with Crippen molar-refractivity contribution in [2.24, 2.45) is 0 Å². The summed E-state index contributed by atoms with van der Waals surface area (Å²) in [5.74, 6) is -6.48. The van der Waals surface area contributed by atoms with Gasteiger partial charge in [0.15, 0.2) is 0 Å². The molecule has 10 heteroatoms. The Balaban J connectivity index is 6.36. The molecule has 0 bridgehead atoms. The van der Waals surface area contributed by atoms with Gasteiger partial charge in [0.05, 0.1) is 5.60 Å². The van der Waals surface area contributed by atoms with E-state index in [-0.39, 0.29) is 55.6 Å². The van der Waals surface area contributed by atoms with Crippen molar-refractivity contribution >= 4 is 17.9 Å². The highest BCUT2D eigenvalue weighted by Gasteiger charge is 2.51. The highest BCUT2D eigenvalue weighted by Crippen LogP contribution is 2.33. The fourth-order valence-electron chi connectivity index (χ4n) is 2.56. The number of esters is 3. The predicted octanol–water partition coefficient (Wildman–Crippen LogP) is 1.03. The molecule has 32 heavy (non-hydrogen) atoms. The number of carbonyl (C=O) groups is 3. The molecule has 0 spiro atoms. The summed E-state index contributed by atoms with van der Waals surface area (Å²) in [5.41, 5.74) is -2.10. The maximum Gasteiger partial charge on any atom is 0.413 e. The Morgan fingerprint density at radius 1 is 0.781 bits per heavy atom. The van der Waals surface area contributed by atoms with E-state index in [2.05, 4.69) is 19.7 Å². The largest absolute Gasteiger partial charge is 0.447 e. The van der Waals surface area contributed by atoms with Gasteiger partial charge in [-0.1, -0.05) is 19.7 Å². The van der Waals surface area contributed by atoms with Crippen LogP contribution in [0, 0.1) is 0 Å². The van der Waals surface area contributed by atoms with Crippen molar-refractivity contribution in [2.75, 3.05) is 13.2 Å². The number of hydrogen-bond donors (Lipinski definition) is 4. The summed E-state index contributed by atoms with van der Waals surface area (Å²) >= 11 is 0. The number of carbonyl (C=O) groups excluding carboxylic acids is 3. The number of aliphatic hydroxyl groups is 4. The summed E-state index contributed by atoms with van der Waals surface area (Å²) in [7, 11) is 0. The highest BCUT2D eigenvalue weighted by molar-refractivity contribution is 5.89. The van der Waals surface area contributed by atoms with Crippen LogP contribution in [0.1, 0.15) is 52.9 Å². The topological polar surface area (TPSA) is 160 Å². The average Bonchev–Trinajstić information content (AvgIpc) is 2.69. The second kappa shape index (κ2) is 13.1. The number of aliphatic hydroxyl groups excluding tert-OH is 2. The standard InChI is InChI=1S/C22H34O10/c1-14(2)18(25)30-17(13-21(28,9-7-11-23)10-8-12-24)22(29,31-19(26)15(3)4)32-20(27)16(5)6/h17,23-24,28-29H,1,3,5,7-13H2,2,4,6H3. The molecule has 0 aromatic carbocycles. The number of ether oxygens (including phenoxy) is 3. The first-order valence-electron chi connectivity index (χ1n) is 10.0. The first kappa shape index (κ1) is 29.5. The lowest BCUT2D eigenvalue weighted by atomic mass is 9.86. The summed E-state index contributed by atoms with van der Waals surface area (Å²) < 4.78 is 15.1. The zero-order chi connectivity index (χ0) is 25.1. The van der Waals surface area contributed by atoms with Gasteiger partial charge in [-0.2, -0.15) is 0 Å². The van der Waals surface area contributed by atoms with Crippen molar-refractivity contribution in [3.8, 4) is 0 Å². The van der Waals surface area contributed by atoms with Crippen LogP contribution in [0.2, 0.25) is 0 Å². The molecule has 10 nitrogen and oxygen atoms in total. The van der Waals surface area contributed by atoms with Crippen molar-refractivity contribution < 1.29 is 49.0 Å². The van der Waals surface area contributed by atoms with Gasteiger partial charge < -0.3 is 34.6 Å². The van der Waals surface area contributed by atoms with Crippen molar-refractivity contribution in [1.82, 2.24) is 0 Å². The van der Waals surface area contributed by atoms with Crippen molar-refractivity contribution in [3.63, 3.8) is 0 Å². The zero-order valence-electron chi connectivity index (χ0n) is 18.9. The normalized spacial score (nSPS) is 12.5. The van der Waals surface area contributed by atoms with Crippen LogP contribution in [-0.4, -0.2) is 69.2 Å². The van der Waals surface area contributed by atoms with Gasteiger partial charge in [0.25, 0.3) is 0 Å². The number of hydrogen-bond acceptors (Lipinski definition) is 10. The van der Waals surface area contributed by atoms with Crippen molar-refractivity contribution in [1.29, 1.82) is 0 Å².